The Morgan fingerprint density at radius 2 is 2.05 bits per heavy atom. The summed E-state index contributed by atoms with van der Waals surface area (Å²) in [5.74, 6) is 2.16. The van der Waals surface area contributed by atoms with E-state index >= 15 is 0 Å². The molecule has 0 amide bonds. The number of hydrogen-bond acceptors (Lipinski definition) is 3. The zero-order valence-electron chi connectivity index (χ0n) is 13.0. The highest BCUT2D eigenvalue weighted by molar-refractivity contribution is 5.21. The van der Waals surface area contributed by atoms with Crippen LogP contribution in [0.2, 0.25) is 0 Å². The summed E-state index contributed by atoms with van der Waals surface area (Å²) in [6.07, 6.45) is 2.71. The molecule has 1 saturated carbocycles. The van der Waals surface area contributed by atoms with Crippen molar-refractivity contribution < 1.29 is 4.42 Å². The third-order valence-corrected chi connectivity index (χ3v) is 3.71. The number of aryl methyl sites for hydroxylation is 1. The summed E-state index contributed by atoms with van der Waals surface area (Å²) in [5, 5.41) is 3.52. The van der Waals surface area contributed by atoms with E-state index in [0.29, 0.717) is 0 Å². The van der Waals surface area contributed by atoms with E-state index in [4.69, 9.17) is 4.42 Å². The molecule has 0 radical (unpaired) electrons. The summed E-state index contributed by atoms with van der Waals surface area (Å²) < 4.78 is 5.91. The van der Waals surface area contributed by atoms with E-state index in [1.165, 1.54) is 18.4 Å². The first-order chi connectivity index (χ1) is 8.89. The second-order valence-electron chi connectivity index (χ2n) is 6.69. The van der Waals surface area contributed by atoms with E-state index in [2.05, 4.69) is 50.9 Å². The topological polar surface area (TPSA) is 28.4 Å². The van der Waals surface area contributed by atoms with Gasteiger partial charge in [0.25, 0.3) is 0 Å². The fourth-order valence-corrected chi connectivity index (χ4v) is 2.34. The molecule has 0 aromatic carbocycles. The molecule has 3 nitrogen and oxygen atoms in total. The predicted octanol–water partition coefficient (Wildman–Crippen LogP) is 3.46. The van der Waals surface area contributed by atoms with Crippen LogP contribution in [0.4, 0.5) is 0 Å². The number of nitrogens with zero attached hydrogens (tertiary/aromatic N) is 1. The molecule has 0 saturated heterocycles. The highest BCUT2D eigenvalue weighted by Crippen LogP contribution is 2.28. The Kier molecular flexibility index (Phi) is 4.36. The Balaban J connectivity index is 1.95. The second-order valence-corrected chi connectivity index (χ2v) is 6.69. The Hall–Kier alpha value is -0.800. The van der Waals surface area contributed by atoms with Crippen molar-refractivity contribution in [1.82, 2.24) is 10.2 Å². The molecule has 108 valence electrons. The molecule has 1 heterocycles. The average molecular weight is 264 g/mol. The summed E-state index contributed by atoms with van der Waals surface area (Å²) in [7, 11) is 0. The molecule has 0 unspecified atom stereocenters. The Morgan fingerprint density at radius 3 is 2.58 bits per heavy atom. The van der Waals surface area contributed by atoms with Crippen LogP contribution in [-0.4, -0.2) is 23.0 Å². The normalized spacial score (nSPS) is 16.3. The van der Waals surface area contributed by atoms with Gasteiger partial charge in [-0.25, -0.2) is 0 Å². The number of rotatable bonds is 6. The van der Waals surface area contributed by atoms with Gasteiger partial charge in [0.1, 0.15) is 11.5 Å². The summed E-state index contributed by atoms with van der Waals surface area (Å²) in [6, 6.07) is 3.02. The van der Waals surface area contributed by atoms with Crippen molar-refractivity contribution in [3.05, 3.63) is 23.2 Å². The van der Waals surface area contributed by atoms with Gasteiger partial charge in [0, 0.05) is 23.7 Å². The van der Waals surface area contributed by atoms with Gasteiger partial charge >= 0.3 is 0 Å². The van der Waals surface area contributed by atoms with Crippen LogP contribution in [0.3, 0.4) is 0 Å². The Morgan fingerprint density at radius 1 is 1.37 bits per heavy atom. The molecule has 0 bridgehead atoms. The monoisotopic (exact) mass is 264 g/mol. The Bertz CT molecular complexity index is 413. The average Bonchev–Trinajstić information content (AvgIpc) is 3.08. The van der Waals surface area contributed by atoms with E-state index in [1.54, 1.807) is 0 Å². The zero-order chi connectivity index (χ0) is 14.0. The van der Waals surface area contributed by atoms with Crippen molar-refractivity contribution >= 4 is 0 Å². The van der Waals surface area contributed by atoms with Crippen molar-refractivity contribution in [2.45, 2.75) is 72.1 Å². The van der Waals surface area contributed by atoms with Crippen molar-refractivity contribution in [3.63, 3.8) is 0 Å². The maximum Gasteiger partial charge on any atom is 0.118 e. The number of furan rings is 1. The minimum absolute atomic E-state index is 0.146. The fraction of sp³-hybridized carbons (Fsp3) is 0.750. The molecule has 1 aliphatic rings. The molecule has 1 N–H and O–H groups in total. The maximum absolute atomic E-state index is 5.91. The molecule has 1 aliphatic carbocycles. The minimum atomic E-state index is 0.146. The van der Waals surface area contributed by atoms with Crippen LogP contribution in [0.1, 0.15) is 57.6 Å². The van der Waals surface area contributed by atoms with Gasteiger partial charge in [-0.2, -0.15) is 0 Å². The Labute approximate surface area is 117 Å². The summed E-state index contributed by atoms with van der Waals surface area (Å²) >= 11 is 0. The van der Waals surface area contributed by atoms with Gasteiger partial charge in [-0.1, -0.05) is 6.92 Å². The lowest BCUT2D eigenvalue weighted by molar-refractivity contribution is 0.244. The molecular formula is C16H28N2O. The molecule has 1 aromatic heterocycles. The van der Waals surface area contributed by atoms with Gasteiger partial charge in [0.05, 0.1) is 6.54 Å². The summed E-state index contributed by atoms with van der Waals surface area (Å²) in [6.45, 7) is 13.8. The lowest BCUT2D eigenvalue weighted by atomic mass is 10.1. The van der Waals surface area contributed by atoms with Crippen molar-refractivity contribution in [1.29, 1.82) is 0 Å². The molecule has 2 rings (SSSR count). The summed E-state index contributed by atoms with van der Waals surface area (Å²) in [5.41, 5.74) is 1.43. The minimum Gasteiger partial charge on any atom is -0.465 e. The quantitative estimate of drug-likeness (QED) is 0.853. The van der Waals surface area contributed by atoms with E-state index in [9.17, 15) is 0 Å². The van der Waals surface area contributed by atoms with Crippen LogP contribution in [0.5, 0.6) is 0 Å². The lowest BCUT2D eigenvalue weighted by Gasteiger charge is -2.20. The maximum atomic E-state index is 5.91. The van der Waals surface area contributed by atoms with Crippen molar-refractivity contribution in [3.8, 4) is 0 Å². The number of nitrogens with one attached hydrogen (secondary N) is 1. The lowest BCUT2D eigenvalue weighted by Crippen LogP contribution is -2.35. The third-order valence-electron chi connectivity index (χ3n) is 3.71. The highest BCUT2D eigenvalue weighted by atomic mass is 16.3. The molecule has 0 aliphatic heterocycles. The first kappa shape index (κ1) is 14.6. The number of hydrogen-bond donors (Lipinski definition) is 1. The van der Waals surface area contributed by atoms with Crippen LogP contribution in [0, 0.1) is 6.92 Å². The molecule has 0 atom stereocenters. The van der Waals surface area contributed by atoms with Crippen molar-refractivity contribution in [2.75, 3.05) is 6.54 Å². The van der Waals surface area contributed by atoms with Gasteiger partial charge < -0.3 is 9.73 Å². The first-order valence-corrected chi connectivity index (χ1v) is 7.46. The van der Waals surface area contributed by atoms with Crippen LogP contribution in [0.25, 0.3) is 0 Å². The van der Waals surface area contributed by atoms with Crippen LogP contribution in [-0.2, 0) is 13.1 Å². The van der Waals surface area contributed by atoms with Crippen LogP contribution in [0.15, 0.2) is 10.5 Å². The second kappa shape index (κ2) is 5.68. The SMILES string of the molecule is CCN(Cc1cc(CNC(C)(C)C)c(C)o1)C1CC1. The van der Waals surface area contributed by atoms with Crippen molar-refractivity contribution in [2.24, 2.45) is 0 Å². The van der Waals surface area contributed by atoms with Gasteiger partial charge in [0.2, 0.25) is 0 Å². The molecule has 19 heavy (non-hydrogen) atoms. The largest absolute Gasteiger partial charge is 0.465 e. The van der Waals surface area contributed by atoms with Gasteiger partial charge in [-0.05, 0) is 53.1 Å². The molecular weight excluding hydrogens is 236 g/mol. The predicted molar refractivity (Wildman–Crippen MR) is 79.1 cm³/mol. The van der Waals surface area contributed by atoms with E-state index in [1.807, 2.05) is 0 Å². The van der Waals surface area contributed by atoms with Gasteiger partial charge in [-0.3, -0.25) is 4.90 Å². The molecule has 3 heteroatoms. The third kappa shape index (κ3) is 4.36. The zero-order valence-corrected chi connectivity index (χ0v) is 13.0. The smallest absolute Gasteiger partial charge is 0.118 e. The molecule has 0 spiro atoms. The first-order valence-electron chi connectivity index (χ1n) is 7.46. The highest BCUT2D eigenvalue weighted by Gasteiger charge is 2.28. The molecule has 1 fully saturated rings. The van der Waals surface area contributed by atoms with Gasteiger partial charge in [-0.15, -0.1) is 0 Å². The van der Waals surface area contributed by atoms with E-state index < -0.39 is 0 Å². The standard InChI is InChI=1S/C16H28N2O/c1-6-18(14-7-8-14)11-15-9-13(12(2)19-15)10-17-16(3,4)5/h9,14,17H,6-8,10-11H2,1-5H3. The summed E-state index contributed by atoms with van der Waals surface area (Å²) in [4.78, 5) is 2.51. The van der Waals surface area contributed by atoms with Crippen LogP contribution < -0.4 is 5.32 Å². The van der Waals surface area contributed by atoms with Crippen LogP contribution >= 0.6 is 0 Å². The van der Waals surface area contributed by atoms with E-state index in [0.717, 1.165) is 37.2 Å². The van der Waals surface area contributed by atoms with E-state index in [-0.39, 0.29) is 5.54 Å². The molecule has 1 aromatic rings. The van der Waals surface area contributed by atoms with Gasteiger partial charge in [0.15, 0.2) is 0 Å². The fourth-order valence-electron chi connectivity index (χ4n) is 2.34.